The van der Waals surface area contributed by atoms with E-state index in [-0.39, 0.29) is 11.8 Å². The van der Waals surface area contributed by atoms with E-state index < -0.39 is 17.8 Å². The van der Waals surface area contributed by atoms with Gasteiger partial charge < -0.3 is 0 Å². The largest absolute Gasteiger partial charge is 0.272 e. The summed E-state index contributed by atoms with van der Waals surface area (Å²) in [6.45, 7) is 4.02. The Kier molecular flexibility index (Phi) is 6.27. The number of hydrogen-bond acceptors (Lipinski definition) is 4. The second-order valence-electron chi connectivity index (χ2n) is 8.75. The minimum absolute atomic E-state index is 0.108. The minimum atomic E-state index is -0.552. The van der Waals surface area contributed by atoms with Crippen LogP contribution in [0.4, 0.5) is 11.4 Å². The van der Waals surface area contributed by atoms with E-state index in [2.05, 4.69) is 0 Å². The number of carbonyl (C=O) groups excluding carboxylic acids is 2. The molecule has 176 valence electrons. The molecule has 3 aromatic carbocycles. The Morgan fingerprint density at radius 3 is 1.37 bits per heavy atom. The summed E-state index contributed by atoms with van der Waals surface area (Å²) in [5, 5.41) is 12.5. The average molecular weight is 465 g/mol. The van der Waals surface area contributed by atoms with Crippen LogP contribution in [0.15, 0.2) is 101 Å². The lowest BCUT2D eigenvalue weighted by Gasteiger charge is -2.29. The highest BCUT2D eigenvalue weighted by Crippen LogP contribution is 2.43. The minimum Gasteiger partial charge on any atom is -0.272 e. The predicted molar refractivity (Wildman–Crippen MR) is 139 cm³/mol. The van der Waals surface area contributed by atoms with E-state index in [1.54, 1.807) is 0 Å². The van der Waals surface area contributed by atoms with Crippen molar-refractivity contribution in [1.29, 1.82) is 0 Å². The number of carbonyl (C=O) groups is 2. The van der Waals surface area contributed by atoms with E-state index in [0.29, 0.717) is 12.8 Å². The fourth-order valence-corrected chi connectivity index (χ4v) is 5.09. The van der Waals surface area contributed by atoms with Gasteiger partial charge in [0.25, 0.3) is 11.8 Å². The van der Waals surface area contributed by atoms with E-state index in [1.807, 2.05) is 105 Å². The molecular formula is C29H28N4O2. The maximum absolute atomic E-state index is 13.9. The van der Waals surface area contributed by atoms with Crippen molar-refractivity contribution in [1.82, 2.24) is 0 Å². The third-order valence-electron chi connectivity index (χ3n) is 6.75. The number of amides is 2. The maximum Gasteiger partial charge on any atom is 0.256 e. The van der Waals surface area contributed by atoms with Crippen LogP contribution in [0.5, 0.6) is 0 Å². The standard InChI is InChI=1S/C29H28N4O2/c1-3-23-26(28(34)32(30-23)21-16-10-6-11-17-21)25(20-14-8-5-9-15-20)27-24(4-2)31-33(29(27)35)22-18-12-7-13-19-22/h5-19,25-27H,3-4H2,1-2H3. The number of hydrogen-bond donors (Lipinski definition) is 0. The first-order valence-electron chi connectivity index (χ1n) is 12.1. The lowest BCUT2D eigenvalue weighted by atomic mass is 9.72. The highest BCUT2D eigenvalue weighted by Gasteiger charge is 2.51. The van der Waals surface area contributed by atoms with E-state index in [0.717, 1.165) is 28.4 Å². The zero-order valence-electron chi connectivity index (χ0n) is 19.9. The molecule has 0 N–H and O–H groups in total. The lowest BCUT2D eigenvalue weighted by Crippen LogP contribution is -2.40. The van der Waals surface area contributed by atoms with Crippen LogP contribution in [-0.2, 0) is 9.59 Å². The van der Waals surface area contributed by atoms with Gasteiger partial charge in [0, 0.05) is 5.92 Å². The van der Waals surface area contributed by atoms with Gasteiger partial charge in [-0.3, -0.25) is 9.59 Å². The Balaban J connectivity index is 1.60. The quantitative estimate of drug-likeness (QED) is 0.455. The van der Waals surface area contributed by atoms with Gasteiger partial charge in [0.05, 0.1) is 34.6 Å². The van der Waals surface area contributed by atoms with Gasteiger partial charge in [-0.1, -0.05) is 80.6 Å². The zero-order chi connectivity index (χ0) is 24.4. The van der Waals surface area contributed by atoms with E-state index >= 15 is 0 Å². The van der Waals surface area contributed by atoms with Crippen LogP contribution in [0, 0.1) is 11.8 Å². The Labute approximate surface area is 205 Å². The van der Waals surface area contributed by atoms with E-state index in [4.69, 9.17) is 10.2 Å². The molecule has 6 heteroatoms. The van der Waals surface area contributed by atoms with Gasteiger partial charge in [-0.05, 0) is 42.7 Å². The van der Waals surface area contributed by atoms with Crippen molar-refractivity contribution in [3.63, 3.8) is 0 Å². The van der Waals surface area contributed by atoms with Crippen molar-refractivity contribution < 1.29 is 9.59 Å². The Hall–Kier alpha value is -4.06. The second-order valence-corrected chi connectivity index (χ2v) is 8.75. The number of para-hydroxylation sites is 2. The van der Waals surface area contributed by atoms with Crippen LogP contribution in [0.1, 0.15) is 38.2 Å². The van der Waals surface area contributed by atoms with Gasteiger partial charge in [0.2, 0.25) is 0 Å². The lowest BCUT2D eigenvalue weighted by molar-refractivity contribution is -0.122. The summed E-state index contributed by atoms with van der Waals surface area (Å²) in [6.07, 6.45) is 1.23. The van der Waals surface area contributed by atoms with Gasteiger partial charge >= 0.3 is 0 Å². The fourth-order valence-electron chi connectivity index (χ4n) is 5.09. The molecule has 0 aromatic heterocycles. The van der Waals surface area contributed by atoms with Crippen LogP contribution >= 0.6 is 0 Å². The molecule has 0 bridgehead atoms. The molecule has 2 amide bonds. The van der Waals surface area contributed by atoms with Crippen molar-refractivity contribution in [2.75, 3.05) is 10.0 Å². The van der Waals surface area contributed by atoms with Crippen molar-refractivity contribution in [3.05, 3.63) is 96.6 Å². The summed E-state index contributed by atoms with van der Waals surface area (Å²) in [6, 6.07) is 28.8. The summed E-state index contributed by atoms with van der Waals surface area (Å²) in [7, 11) is 0. The maximum atomic E-state index is 13.9. The summed E-state index contributed by atoms with van der Waals surface area (Å²) in [5.74, 6) is -1.73. The van der Waals surface area contributed by atoms with Gasteiger partial charge in [-0.15, -0.1) is 0 Å². The predicted octanol–water partition coefficient (Wildman–Crippen LogP) is 5.63. The number of rotatable bonds is 7. The summed E-state index contributed by atoms with van der Waals surface area (Å²) >= 11 is 0. The van der Waals surface area contributed by atoms with Gasteiger partial charge in [-0.25, -0.2) is 10.0 Å². The molecule has 5 rings (SSSR count). The van der Waals surface area contributed by atoms with E-state index in [9.17, 15) is 9.59 Å². The molecule has 2 heterocycles. The first-order valence-corrected chi connectivity index (χ1v) is 12.1. The highest BCUT2D eigenvalue weighted by molar-refractivity contribution is 6.20. The number of anilines is 2. The van der Waals surface area contributed by atoms with Gasteiger partial charge in [-0.2, -0.15) is 10.2 Å². The van der Waals surface area contributed by atoms with Crippen LogP contribution in [0.25, 0.3) is 0 Å². The van der Waals surface area contributed by atoms with Crippen molar-refractivity contribution >= 4 is 34.6 Å². The molecule has 3 aromatic rings. The van der Waals surface area contributed by atoms with Gasteiger partial charge in [0.1, 0.15) is 0 Å². The SMILES string of the molecule is CCC1=NN(c2ccccc2)C(=O)C1C(c1ccccc1)C1C(=O)N(c2ccccc2)N=C1CC. The first-order chi connectivity index (χ1) is 17.1. The summed E-state index contributed by atoms with van der Waals surface area (Å²) < 4.78 is 0. The molecular weight excluding hydrogens is 436 g/mol. The summed E-state index contributed by atoms with van der Waals surface area (Å²) in [4.78, 5) is 27.9. The number of nitrogens with zero attached hydrogens (tertiary/aromatic N) is 4. The molecule has 2 aliphatic rings. The Morgan fingerprint density at radius 2 is 1.00 bits per heavy atom. The number of hydrazone groups is 2. The third kappa shape index (κ3) is 4.05. The van der Waals surface area contributed by atoms with Crippen molar-refractivity contribution in [3.8, 4) is 0 Å². The average Bonchev–Trinajstić information content (AvgIpc) is 3.43. The van der Waals surface area contributed by atoms with Crippen LogP contribution in [-0.4, -0.2) is 23.2 Å². The molecule has 2 atom stereocenters. The Bertz CT molecular complexity index is 1190. The molecule has 0 saturated heterocycles. The summed E-state index contributed by atoms with van der Waals surface area (Å²) in [5.41, 5.74) is 3.97. The van der Waals surface area contributed by atoms with E-state index in [1.165, 1.54) is 10.0 Å². The molecule has 2 aliphatic heterocycles. The molecule has 6 nitrogen and oxygen atoms in total. The topological polar surface area (TPSA) is 65.3 Å². The highest BCUT2D eigenvalue weighted by atomic mass is 16.2. The second kappa shape index (κ2) is 9.66. The fraction of sp³-hybridized carbons (Fsp3) is 0.241. The van der Waals surface area contributed by atoms with Crippen LogP contribution in [0.3, 0.4) is 0 Å². The number of benzene rings is 3. The van der Waals surface area contributed by atoms with Crippen LogP contribution < -0.4 is 10.0 Å². The van der Waals surface area contributed by atoms with Crippen LogP contribution in [0.2, 0.25) is 0 Å². The molecule has 0 radical (unpaired) electrons. The molecule has 35 heavy (non-hydrogen) atoms. The molecule has 0 spiro atoms. The van der Waals surface area contributed by atoms with Gasteiger partial charge in [0.15, 0.2) is 0 Å². The monoisotopic (exact) mass is 464 g/mol. The normalized spacial score (nSPS) is 20.7. The molecule has 0 saturated carbocycles. The van der Waals surface area contributed by atoms with Crippen molar-refractivity contribution in [2.24, 2.45) is 22.0 Å². The molecule has 0 fully saturated rings. The molecule has 0 aliphatic carbocycles. The smallest absolute Gasteiger partial charge is 0.256 e. The molecule has 2 unspecified atom stereocenters. The Morgan fingerprint density at radius 1 is 0.629 bits per heavy atom. The van der Waals surface area contributed by atoms with Crippen molar-refractivity contribution in [2.45, 2.75) is 32.6 Å². The first kappa shape index (κ1) is 22.7. The zero-order valence-corrected chi connectivity index (χ0v) is 19.9. The third-order valence-corrected chi connectivity index (χ3v) is 6.75.